The Balaban J connectivity index is 1.46. The molecule has 0 aliphatic carbocycles. The highest BCUT2D eigenvalue weighted by atomic mass is 16.5. The summed E-state index contributed by atoms with van der Waals surface area (Å²) in [5, 5.41) is 10.7. The zero-order valence-electron chi connectivity index (χ0n) is 18.1. The highest BCUT2D eigenvalue weighted by Crippen LogP contribution is 2.26. The van der Waals surface area contributed by atoms with Crippen molar-refractivity contribution in [3.8, 4) is 0 Å². The van der Waals surface area contributed by atoms with Gasteiger partial charge in [0.15, 0.2) is 0 Å². The van der Waals surface area contributed by atoms with Crippen LogP contribution >= 0.6 is 0 Å². The lowest BCUT2D eigenvalue weighted by atomic mass is 9.96. The van der Waals surface area contributed by atoms with Crippen LogP contribution in [0.5, 0.6) is 0 Å². The number of carbonyl (C=O) groups is 3. The fourth-order valence-corrected chi connectivity index (χ4v) is 4.17. The number of amides is 2. The fraction of sp³-hybridized carbons (Fsp3) is 0.545. The van der Waals surface area contributed by atoms with Gasteiger partial charge in [0.2, 0.25) is 5.91 Å². The predicted molar refractivity (Wildman–Crippen MR) is 116 cm³/mol. The lowest BCUT2D eigenvalue weighted by molar-refractivity contribution is -0.149. The molecule has 2 aliphatic heterocycles. The monoisotopic (exact) mass is 441 g/mol. The molecule has 4 rings (SSSR count). The van der Waals surface area contributed by atoms with Crippen LogP contribution in [0.1, 0.15) is 51.5 Å². The van der Waals surface area contributed by atoms with E-state index < -0.39 is 17.5 Å². The molecular weight excluding hydrogens is 414 g/mol. The van der Waals surface area contributed by atoms with E-state index in [1.54, 1.807) is 12.1 Å². The van der Waals surface area contributed by atoms with Crippen LogP contribution in [0.2, 0.25) is 0 Å². The largest absolute Gasteiger partial charge is 0.465 e. The molecule has 1 atom stereocenters. The molecule has 2 saturated heterocycles. The summed E-state index contributed by atoms with van der Waals surface area (Å²) < 4.78 is 6.40. The lowest BCUT2D eigenvalue weighted by Gasteiger charge is -2.32. The number of fused-ring (bicyclic) bond motifs is 1. The molecule has 0 bridgehead atoms. The summed E-state index contributed by atoms with van der Waals surface area (Å²) >= 11 is 0. The van der Waals surface area contributed by atoms with Gasteiger partial charge in [-0.25, -0.2) is 0 Å². The second-order valence-electron chi connectivity index (χ2n) is 8.29. The first-order valence-corrected chi connectivity index (χ1v) is 11.1. The standard InChI is InChI=1S/C22H27N5O5/c1-2-3-12-32-22(31)14-8-10-26(11-9-14)15-4-5-16-17(13-15)24-25-27(21(16)30)18-6-7-19(28)23-20(18)29/h4-5,13-14,18H,2-3,6-12H2,1H3,(H,23,28,29). The Bertz CT molecular complexity index is 1090. The molecule has 2 amide bonds. The molecule has 1 aromatic heterocycles. The predicted octanol–water partition coefficient (Wildman–Crippen LogP) is 1.33. The Kier molecular flexibility index (Phi) is 6.48. The number of esters is 1. The summed E-state index contributed by atoms with van der Waals surface area (Å²) in [6.07, 6.45) is 3.68. The molecule has 10 nitrogen and oxygen atoms in total. The first-order valence-electron chi connectivity index (χ1n) is 11.1. The van der Waals surface area contributed by atoms with Gasteiger partial charge in [0.05, 0.1) is 17.9 Å². The quantitative estimate of drug-likeness (QED) is 0.405. The third-order valence-corrected chi connectivity index (χ3v) is 6.11. The Morgan fingerprint density at radius 1 is 1.19 bits per heavy atom. The van der Waals surface area contributed by atoms with Crippen molar-refractivity contribution in [2.75, 3.05) is 24.6 Å². The molecule has 1 unspecified atom stereocenters. The van der Waals surface area contributed by atoms with Gasteiger partial charge >= 0.3 is 5.97 Å². The van der Waals surface area contributed by atoms with E-state index in [0.29, 0.717) is 43.4 Å². The van der Waals surface area contributed by atoms with Gasteiger partial charge in [0, 0.05) is 25.2 Å². The number of hydrogen-bond donors (Lipinski definition) is 1. The van der Waals surface area contributed by atoms with Crippen LogP contribution in [0, 0.1) is 5.92 Å². The number of piperidine rings is 2. The Morgan fingerprint density at radius 2 is 1.97 bits per heavy atom. The average molecular weight is 441 g/mol. The summed E-state index contributed by atoms with van der Waals surface area (Å²) in [5.74, 6) is -1.08. The Hall–Kier alpha value is -3.30. The second kappa shape index (κ2) is 9.46. The van der Waals surface area contributed by atoms with Crippen LogP contribution in [0.25, 0.3) is 10.9 Å². The highest BCUT2D eigenvalue weighted by molar-refractivity contribution is 5.99. The summed E-state index contributed by atoms with van der Waals surface area (Å²) in [5.41, 5.74) is 0.935. The van der Waals surface area contributed by atoms with Crippen molar-refractivity contribution in [2.45, 2.75) is 51.5 Å². The highest BCUT2D eigenvalue weighted by Gasteiger charge is 2.31. The van der Waals surface area contributed by atoms with Crippen LogP contribution in [-0.4, -0.2) is 52.5 Å². The maximum Gasteiger partial charge on any atom is 0.309 e. The lowest BCUT2D eigenvalue weighted by Crippen LogP contribution is -2.45. The van der Waals surface area contributed by atoms with Crippen LogP contribution < -0.4 is 15.8 Å². The summed E-state index contributed by atoms with van der Waals surface area (Å²) in [6.45, 7) is 3.96. The van der Waals surface area contributed by atoms with Gasteiger partial charge in [-0.2, -0.15) is 4.68 Å². The van der Waals surface area contributed by atoms with E-state index in [1.807, 2.05) is 6.07 Å². The number of nitrogens with one attached hydrogen (secondary N) is 1. The van der Waals surface area contributed by atoms with E-state index in [1.165, 1.54) is 0 Å². The van der Waals surface area contributed by atoms with Crippen molar-refractivity contribution in [3.05, 3.63) is 28.6 Å². The second-order valence-corrected chi connectivity index (χ2v) is 8.29. The Labute approximate surface area is 184 Å². The third-order valence-electron chi connectivity index (χ3n) is 6.11. The Morgan fingerprint density at radius 3 is 2.69 bits per heavy atom. The number of benzene rings is 1. The molecule has 1 N–H and O–H groups in total. The molecule has 32 heavy (non-hydrogen) atoms. The van der Waals surface area contributed by atoms with Crippen molar-refractivity contribution in [3.63, 3.8) is 0 Å². The number of rotatable bonds is 6. The molecule has 2 aliphatic rings. The minimum absolute atomic E-state index is 0.0796. The molecule has 0 spiro atoms. The average Bonchev–Trinajstić information content (AvgIpc) is 2.80. The van der Waals surface area contributed by atoms with Crippen molar-refractivity contribution in [1.82, 2.24) is 20.3 Å². The number of hydrogen-bond acceptors (Lipinski definition) is 8. The van der Waals surface area contributed by atoms with Gasteiger partial charge in [-0.05, 0) is 43.9 Å². The van der Waals surface area contributed by atoms with Crippen LogP contribution in [0.4, 0.5) is 5.69 Å². The van der Waals surface area contributed by atoms with Gasteiger partial charge in [-0.3, -0.25) is 24.5 Å². The van der Waals surface area contributed by atoms with Crippen molar-refractivity contribution < 1.29 is 19.1 Å². The number of aromatic nitrogens is 3. The van der Waals surface area contributed by atoms with Crippen LogP contribution in [0.3, 0.4) is 0 Å². The molecule has 1 aromatic carbocycles. The number of nitrogens with zero attached hydrogens (tertiary/aromatic N) is 4. The van der Waals surface area contributed by atoms with E-state index in [-0.39, 0.29) is 30.6 Å². The number of imide groups is 1. The number of anilines is 1. The van der Waals surface area contributed by atoms with E-state index >= 15 is 0 Å². The van der Waals surface area contributed by atoms with Gasteiger partial charge in [0.1, 0.15) is 11.6 Å². The number of unbranched alkanes of at least 4 members (excludes halogenated alkanes) is 1. The van der Waals surface area contributed by atoms with Gasteiger partial charge in [0.25, 0.3) is 11.5 Å². The zero-order valence-corrected chi connectivity index (χ0v) is 18.1. The molecule has 2 fully saturated rings. The van der Waals surface area contributed by atoms with Crippen LogP contribution in [-0.2, 0) is 19.1 Å². The van der Waals surface area contributed by atoms with Crippen molar-refractivity contribution >= 4 is 34.4 Å². The minimum Gasteiger partial charge on any atom is -0.465 e. The smallest absolute Gasteiger partial charge is 0.309 e. The topological polar surface area (TPSA) is 123 Å². The summed E-state index contributed by atoms with van der Waals surface area (Å²) in [4.78, 5) is 50.7. The first kappa shape index (κ1) is 21.9. The molecule has 170 valence electrons. The molecule has 2 aromatic rings. The molecule has 10 heteroatoms. The van der Waals surface area contributed by atoms with Gasteiger partial charge in [-0.1, -0.05) is 18.6 Å². The maximum absolute atomic E-state index is 12.9. The number of carbonyl (C=O) groups excluding carboxylic acids is 3. The molecular formula is C22H27N5O5. The SMILES string of the molecule is CCCCOC(=O)C1CCN(c2ccc3c(=O)n(C4CCC(=O)NC4=O)nnc3c2)CC1. The molecule has 0 radical (unpaired) electrons. The van der Waals surface area contributed by atoms with Crippen molar-refractivity contribution in [1.29, 1.82) is 0 Å². The maximum atomic E-state index is 12.9. The molecule has 0 saturated carbocycles. The minimum atomic E-state index is -0.840. The first-order chi connectivity index (χ1) is 15.5. The normalized spacial score (nSPS) is 19.8. The van der Waals surface area contributed by atoms with E-state index in [9.17, 15) is 19.2 Å². The van der Waals surface area contributed by atoms with E-state index in [0.717, 1.165) is 23.2 Å². The third kappa shape index (κ3) is 4.49. The fourth-order valence-electron chi connectivity index (χ4n) is 4.17. The van der Waals surface area contributed by atoms with Gasteiger partial charge in [-0.15, -0.1) is 5.10 Å². The summed E-state index contributed by atoms with van der Waals surface area (Å²) in [6, 6.07) is 4.50. The van der Waals surface area contributed by atoms with Crippen molar-refractivity contribution in [2.24, 2.45) is 5.92 Å². The number of ether oxygens (including phenoxy) is 1. The van der Waals surface area contributed by atoms with Crippen LogP contribution in [0.15, 0.2) is 23.0 Å². The van der Waals surface area contributed by atoms with E-state index in [2.05, 4.69) is 27.5 Å². The summed E-state index contributed by atoms with van der Waals surface area (Å²) in [7, 11) is 0. The van der Waals surface area contributed by atoms with E-state index in [4.69, 9.17) is 4.74 Å². The van der Waals surface area contributed by atoms with Gasteiger partial charge < -0.3 is 9.64 Å². The zero-order chi connectivity index (χ0) is 22.7. The molecule has 3 heterocycles.